The predicted octanol–water partition coefficient (Wildman–Crippen LogP) is 7.24. The molecular formula is C35H37O6P. The number of hydrogen-bond acceptors (Lipinski definition) is 5. The van der Waals surface area contributed by atoms with Crippen LogP contribution in [-0.4, -0.2) is 23.0 Å². The number of rotatable bonds is 12. The highest BCUT2D eigenvalue weighted by Crippen LogP contribution is 2.47. The van der Waals surface area contributed by atoms with Crippen molar-refractivity contribution >= 4 is 19.3 Å². The van der Waals surface area contributed by atoms with Crippen molar-refractivity contribution in [3.8, 4) is 0 Å². The molecule has 7 heteroatoms. The van der Waals surface area contributed by atoms with Gasteiger partial charge in [0.25, 0.3) is 0 Å². The zero-order valence-electron chi connectivity index (χ0n) is 23.9. The van der Waals surface area contributed by atoms with Crippen molar-refractivity contribution in [1.82, 2.24) is 0 Å². The van der Waals surface area contributed by atoms with Crippen LogP contribution in [0.25, 0.3) is 0 Å². The van der Waals surface area contributed by atoms with Gasteiger partial charge in [-0.1, -0.05) is 115 Å². The lowest BCUT2D eigenvalue weighted by molar-refractivity contribution is -0.150. The molecule has 0 saturated carbocycles. The van der Waals surface area contributed by atoms with E-state index < -0.39 is 25.2 Å². The molecule has 0 saturated heterocycles. The summed E-state index contributed by atoms with van der Waals surface area (Å²) in [5.74, 6) is -1.96. The molecule has 4 aromatic rings. The van der Waals surface area contributed by atoms with Gasteiger partial charge in [0.15, 0.2) is 0 Å². The Morgan fingerprint density at radius 2 is 1.26 bits per heavy atom. The molecule has 1 N–H and O–H groups in total. The van der Waals surface area contributed by atoms with Crippen molar-refractivity contribution in [2.75, 3.05) is 6.16 Å². The number of hydrogen-bond donors (Lipinski definition) is 1. The van der Waals surface area contributed by atoms with Gasteiger partial charge >= 0.3 is 11.9 Å². The summed E-state index contributed by atoms with van der Waals surface area (Å²) in [4.78, 5) is 35.9. The van der Waals surface area contributed by atoms with Gasteiger partial charge in [0.05, 0.1) is 5.92 Å². The molecule has 6 nitrogen and oxygen atoms in total. The average Bonchev–Trinajstić information content (AvgIpc) is 3.79. The molecule has 0 amide bonds. The monoisotopic (exact) mass is 584 g/mol. The zero-order valence-corrected chi connectivity index (χ0v) is 24.7. The Hall–Kier alpha value is -3.99. The second kappa shape index (κ2) is 15.3. The third-order valence-electron chi connectivity index (χ3n) is 6.93. The lowest BCUT2D eigenvalue weighted by atomic mass is 10.1. The summed E-state index contributed by atoms with van der Waals surface area (Å²) >= 11 is 0. The first kappa shape index (κ1) is 31.0. The SMILES string of the molecule is Cc1ccc(CP(=O)(O)CC(CCC(=O)OCc2ccccc2)C(=O)OCc2ccccc2)cc1.c1ccc2c(c1)C2. The highest BCUT2D eigenvalue weighted by molar-refractivity contribution is 7.57. The highest BCUT2D eigenvalue weighted by Gasteiger charge is 2.31. The van der Waals surface area contributed by atoms with Crippen LogP contribution in [0.2, 0.25) is 0 Å². The zero-order chi connectivity index (χ0) is 29.8. The van der Waals surface area contributed by atoms with E-state index in [1.165, 1.54) is 17.5 Å². The molecule has 0 fully saturated rings. The molecule has 2 unspecified atom stereocenters. The number of esters is 2. The fraction of sp³-hybridized carbons (Fsp3) is 0.257. The smallest absolute Gasteiger partial charge is 0.309 e. The molecule has 2 atom stereocenters. The van der Waals surface area contributed by atoms with Gasteiger partial charge in [0, 0.05) is 18.7 Å². The summed E-state index contributed by atoms with van der Waals surface area (Å²) < 4.78 is 23.8. The van der Waals surface area contributed by atoms with Gasteiger partial charge in [-0.15, -0.1) is 0 Å². The van der Waals surface area contributed by atoms with Crippen LogP contribution in [0, 0.1) is 12.8 Å². The average molecular weight is 585 g/mol. The summed E-state index contributed by atoms with van der Waals surface area (Å²) in [7, 11) is -3.71. The van der Waals surface area contributed by atoms with Crippen LogP contribution in [0.3, 0.4) is 0 Å². The largest absolute Gasteiger partial charge is 0.461 e. The minimum Gasteiger partial charge on any atom is -0.461 e. The van der Waals surface area contributed by atoms with E-state index in [0.717, 1.165) is 22.3 Å². The van der Waals surface area contributed by atoms with Gasteiger partial charge < -0.3 is 14.4 Å². The maximum absolute atomic E-state index is 13.0. The number of carbonyl (C=O) groups is 2. The predicted molar refractivity (Wildman–Crippen MR) is 164 cm³/mol. The number of benzene rings is 4. The lowest BCUT2D eigenvalue weighted by Gasteiger charge is -2.20. The van der Waals surface area contributed by atoms with E-state index in [0.29, 0.717) is 0 Å². The maximum atomic E-state index is 13.0. The Balaban J connectivity index is 0.000000496. The van der Waals surface area contributed by atoms with E-state index in [2.05, 4.69) is 24.3 Å². The molecule has 0 aliphatic heterocycles. The molecule has 0 aromatic heterocycles. The first-order valence-corrected chi connectivity index (χ1v) is 16.1. The van der Waals surface area contributed by atoms with E-state index in [1.807, 2.05) is 91.9 Å². The summed E-state index contributed by atoms with van der Waals surface area (Å²) in [6.07, 6.45) is 0.948. The molecule has 5 rings (SSSR count). The molecule has 0 radical (unpaired) electrons. The second-order valence-electron chi connectivity index (χ2n) is 10.6. The topological polar surface area (TPSA) is 89.9 Å². The van der Waals surface area contributed by atoms with E-state index in [4.69, 9.17) is 9.47 Å². The van der Waals surface area contributed by atoms with Crippen molar-refractivity contribution < 1.29 is 28.5 Å². The quantitative estimate of drug-likeness (QED) is 0.123. The normalized spacial score (nSPS) is 13.4. The molecule has 4 aromatic carbocycles. The van der Waals surface area contributed by atoms with Crippen LogP contribution in [-0.2, 0) is 49.4 Å². The summed E-state index contributed by atoms with van der Waals surface area (Å²) in [6.45, 7) is 2.13. The van der Waals surface area contributed by atoms with E-state index in [1.54, 1.807) is 0 Å². The Bertz CT molecular complexity index is 1460. The van der Waals surface area contributed by atoms with Gasteiger partial charge in [0.2, 0.25) is 7.37 Å². The molecule has 218 valence electrons. The molecular weight excluding hydrogens is 547 g/mol. The first-order valence-electron chi connectivity index (χ1n) is 14.1. The minimum atomic E-state index is -3.71. The van der Waals surface area contributed by atoms with Crippen LogP contribution in [0.4, 0.5) is 0 Å². The Labute approximate surface area is 247 Å². The van der Waals surface area contributed by atoms with Gasteiger partial charge in [-0.3, -0.25) is 14.2 Å². The highest BCUT2D eigenvalue weighted by atomic mass is 31.2. The minimum absolute atomic E-state index is 0.0474. The van der Waals surface area contributed by atoms with Gasteiger partial charge in [-0.05, 0) is 47.6 Å². The maximum Gasteiger partial charge on any atom is 0.309 e. The van der Waals surface area contributed by atoms with E-state index >= 15 is 0 Å². The van der Waals surface area contributed by atoms with Crippen LogP contribution in [0.15, 0.2) is 109 Å². The first-order chi connectivity index (χ1) is 20.3. The third-order valence-corrected chi connectivity index (χ3v) is 8.80. The van der Waals surface area contributed by atoms with E-state index in [9.17, 15) is 19.0 Å². The number of fused-ring (bicyclic) bond motifs is 1. The van der Waals surface area contributed by atoms with Crippen molar-refractivity contribution in [3.63, 3.8) is 0 Å². The molecule has 0 spiro atoms. The van der Waals surface area contributed by atoms with Gasteiger partial charge in [-0.25, -0.2) is 0 Å². The Morgan fingerprint density at radius 3 is 1.81 bits per heavy atom. The molecule has 0 heterocycles. The van der Waals surface area contributed by atoms with Crippen molar-refractivity contribution in [1.29, 1.82) is 0 Å². The fourth-order valence-corrected chi connectivity index (χ4v) is 6.39. The molecule has 0 bridgehead atoms. The third kappa shape index (κ3) is 10.8. The standard InChI is InChI=1S/C28H31O6P.C7H6/c1-22-12-14-25(15-13-22)20-35(31,32)21-26(28(30)34-19-24-10-6-3-7-11-24)16-17-27(29)33-18-23-8-4-2-5-9-23;1-2-4-7-5-6(7)3-1/h2-15,26H,16-21H2,1H3,(H,31,32);1-4H,5H2. The summed E-state index contributed by atoms with van der Waals surface area (Å²) in [5, 5.41) is 0. The van der Waals surface area contributed by atoms with Crippen molar-refractivity contribution in [2.45, 2.75) is 45.6 Å². The second-order valence-corrected chi connectivity index (χ2v) is 13.0. The lowest BCUT2D eigenvalue weighted by Crippen LogP contribution is -2.23. The molecule has 1 aliphatic carbocycles. The van der Waals surface area contributed by atoms with Gasteiger partial charge in [0.1, 0.15) is 13.2 Å². The van der Waals surface area contributed by atoms with Crippen molar-refractivity contribution in [2.24, 2.45) is 5.92 Å². The number of ether oxygens (including phenoxy) is 2. The summed E-state index contributed by atoms with van der Waals surface area (Å²) in [5.41, 5.74) is 6.51. The fourth-order valence-electron chi connectivity index (χ4n) is 4.46. The van der Waals surface area contributed by atoms with Crippen LogP contribution in [0.1, 0.15) is 46.2 Å². The molecule has 42 heavy (non-hydrogen) atoms. The van der Waals surface area contributed by atoms with Crippen LogP contribution in [0.5, 0.6) is 0 Å². The molecule has 1 aliphatic rings. The van der Waals surface area contributed by atoms with E-state index in [-0.39, 0.29) is 38.4 Å². The number of aryl methyl sites for hydroxylation is 1. The van der Waals surface area contributed by atoms with Crippen molar-refractivity contribution in [3.05, 3.63) is 143 Å². The Kier molecular flexibility index (Phi) is 11.3. The van der Waals surface area contributed by atoms with Crippen LogP contribution >= 0.6 is 7.37 Å². The Morgan fingerprint density at radius 1 is 0.738 bits per heavy atom. The van der Waals surface area contributed by atoms with Gasteiger partial charge in [-0.2, -0.15) is 0 Å². The number of carbonyl (C=O) groups excluding carboxylic acids is 2. The van der Waals surface area contributed by atoms with Crippen LogP contribution < -0.4 is 0 Å². The summed E-state index contributed by atoms with van der Waals surface area (Å²) in [6, 6.07) is 34.4.